The van der Waals surface area contributed by atoms with E-state index in [1.807, 2.05) is 0 Å². The maximum atomic E-state index is 12.3. The first kappa shape index (κ1) is 14.6. The van der Waals surface area contributed by atoms with E-state index in [1.165, 1.54) is 45.1 Å². The summed E-state index contributed by atoms with van der Waals surface area (Å²) in [6.45, 7) is 6.98. The second-order valence-electron chi connectivity index (χ2n) is 8.28. The van der Waals surface area contributed by atoms with Crippen molar-refractivity contribution < 1.29 is 4.79 Å². The van der Waals surface area contributed by atoms with Crippen molar-refractivity contribution in [3.63, 3.8) is 0 Å². The normalized spacial score (nSPS) is 38.5. The number of piperidine rings is 1. The first-order valence-corrected chi connectivity index (χ1v) is 8.82. The highest BCUT2D eigenvalue weighted by atomic mass is 16.1. The number of hydrogen-bond acceptors (Lipinski definition) is 2. The summed E-state index contributed by atoms with van der Waals surface area (Å²) in [5, 5.41) is 0. The minimum Gasteiger partial charge on any atom is -0.299 e. The average Bonchev–Trinajstić information content (AvgIpc) is 2.43. The molecule has 2 aliphatic carbocycles. The summed E-state index contributed by atoms with van der Waals surface area (Å²) in [6.07, 6.45) is 11.5. The van der Waals surface area contributed by atoms with E-state index in [-0.39, 0.29) is 0 Å². The Balaban J connectivity index is 1.64. The zero-order chi connectivity index (χ0) is 14.2. The Morgan fingerprint density at radius 3 is 2.75 bits per heavy atom. The maximum absolute atomic E-state index is 12.3. The molecule has 3 rings (SSSR count). The SMILES string of the molecule is CC1(C)CCC(=O)C(CN2CCC[C@H]3CCCC[C@H]32)C1. The summed E-state index contributed by atoms with van der Waals surface area (Å²) in [5.74, 6) is 1.80. The average molecular weight is 277 g/mol. The van der Waals surface area contributed by atoms with Gasteiger partial charge in [0.1, 0.15) is 5.78 Å². The van der Waals surface area contributed by atoms with E-state index in [0.29, 0.717) is 17.1 Å². The third-order valence-corrected chi connectivity index (χ3v) is 6.12. The Bertz CT molecular complexity index is 360. The molecule has 3 aliphatic rings. The lowest BCUT2D eigenvalue weighted by molar-refractivity contribution is -0.128. The third-order valence-electron chi connectivity index (χ3n) is 6.12. The molecule has 114 valence electrons. The van der Waals surface area contributed by atoms with Gasteiger partial charge in [0, 0.05) is 24.9 Å². The molecule has 0 bridgehead atoms. The Morgan fingerprint density at radius 2 is 1.90 bits per heavy atom. The van der Waals surface area contributed by atoms with Crippen LogP contribution in [0.1, 0.15) is 71.6 Å². The third kappa shape index (κ3) is 3.10. The molecule has 1 aliphatic heterocycles. The van der Waals surface area contributed by atoms with Crippen molar-refractivity contribution in [3.8, 4) is 0 Å². The molecule has 20 heavy (non-hydrogen) atoms. The number of likely N-dealkylation sites (tertiary alicyclic amines) is 1. The van der Waals surface area contributed by atoms with E-state index in [1.54, 1.807) is 0 Å². The predicted octanol–water partition coefficient (Wildman–Crippen LogP) is 4.04. The zero-order valence-electron chi connectivity index (χ0n) is 13.4. The largest absolute Gasteiger partial charge is 0.299 e. The topological polar surface area (TPSA) is 20.3 Å². The molecule has 1 heterocycles. The van der Waals surface area contributed by atoms with Gasteiger partial charge in [0.2, 0.25) is 0 Å². The van der Waals surface area contributed by atoms with Crippen molar-refractivity contribution in [1.82, 2.24) is 4.90 Å². The number of ketones is 1. The highest BCUT2D eigenvalue weighted by Gasteiger charge is 2.38. The smallest absolute Gasteiger partial charge is 0.137 e. The van der Waals surface area contributed by atoms with Crippen LogP contribution >= 0.6 is 0 Å². The van der Waals surface area contributed by atoms with E-state index < -0.39 is 0 Å². The number of nitrogens with zero attached hydrogens (tertiary/aromatic N) is 1. The predicted molar refractivity (Wildman–Crippen MR) is 82.7 cm³/mol. The van der Waals surface area contributed by atoms with Crippen molar-refractivity contribution in [2.75, 3.05) is 13.1 Å². The molecule has 2 heteroatoms. The minimum absolute atomic E-state index is 0.319. The molecule has 0 aromatic rings. The van der Waals surface area contributed by atoms with E-state index in [4.69, 9.17) is 0 Å². The van der Waals surface area contributed by atoms with Crippen molar-refractivity contribution >= 4 is 5.78 Å². The lowest BCUT2D eigenvalue weighted by Crippen LogP contribution is -2.50. The van der Waals surface area contributed by atoms with Gasteiger partial charge < -0.3 is 0 Å². The highest BCUT2D eigenvalue weighted by Crippen LogP contribution is 2.40. The number of carbonyl (C=O) groups is 1. The molecule has 3 atom stereocenters. The number of carbonyl (C=O) groups excluding carboxylic acids is 1. The second kappa shape index (κ2) is 5.79. The lowest BCUT2D eigenvalue weighted by Gasteiger charge is -2.46. The van der Waals surface area contributed by atoms with Crippen LogP contribution in [0.25, 0.3) is 0 Å². The van der Waals surface area contributed by atoms with Crippen LogP contribution in [0.5, 0.6) is 0 Å². The van der Waals surface area contributed by atoms with Crippen LogP contribution in [0, 0.1) is 17.3 Å². The molecule has 3 fully saturated rings. The van der Waals surface area contributed by atoms with Crippen LogP contribution in [-0.4, -0.2) is 29.8 Å². The first-order chi connectivity index (χ1) is 9.55. The lowest BCUT2D eigenvalue weighted by atomic mass is 9.71. The molecule has 1 unspecified atom stereocenters. The fourth-order valence-electron chi connectivity index (χ4n) is 4.95. The zero-order valence-corrected chi connectivity index (χ0v) is 13.4. The van der Waals surface area contributed by atoms with E-state index in [0.717, 1.165) is 37.8 Å². The minimum atomic E-state index is 0.319. The van der Waals surface area contributed by atoms with Gasteiger partial charge in [0.25, 0.3) is 0 Å². The molecule has 2 saturated carbocycles. The van der Waals surface area contributed by atoms with E-state index in [9.17, 15) is 4.79 Å². The molecule has 1 saturated heterocycles. The fraction of sp³-hybridized carbons (Fsp3) is 0.944. The summed E-state index contributed by atoms with van der Waals surface area (Å²) in [7, 11) is 0. The molecule has 0 spiro atoms. The molecule has 0 aromatic heterocycles. The van der Waals surface area contributed by atoms with E-state index >= 15 is 0 Å². The second-order valence-corrected chi connectivity index (χ2v) is 8.28. The Hall–Kier alpha value is -0.370. The molecule has 0 radical (unpaired) electrons. The maximum Gasteiger partial charge on any atom is 0.137 e. The van der Waals surface area contributed by atoms with Gasteiger partial charge in [-0.05, 0) is 56.4 Å². The summed E-state index contributed by atoms with van der Waals surface area (Å²) in [4.78, 5) is 15.0. The molecular formula is C18H31NO. The number of rotatable bonds is 2. The Morgan fingerprint density at radius 1 is 1.15 bits per heavy atom. The highest BCUT2D eigenvalue weighted by molar-refractivity contribution is 5.82. The van der Waals surface area contributed by atoms with Crippen molar-refractivity contribution in [1.29, 1.82) is 0 Å². The Labute approximate surface area is 124 Å². The fourth-order valence-corrected chi connectivity index (χ4v) is 4.95. The van der Waals surface area contributed by atoms with E-state index in [2.05, 4.69) is 18.7 Å². The number of Topliss-reactive ketones (excluding diaryl/α,β-unsaturated/α-hetero) is 1. The first-order valence-electron chi connectivity index (χ1n) is 8.82. The molecule has 2 nitrogen and oxygen atoms in total. The summed E-state index contributed by atoms with van der Waals surface area (Å²) in [6, 6.07) is 0.801. The van der Waals surface area contributed by atoms with Gasteiger partial charge >= 0.3 is 0 Å². The number of hydrogen-bond donors (Lipinski definition) is 0. The molecule has 0 aromatic carbocycles. The van der Waals surface area contributed by atoms with Gasteiger partial charge in [-0.3, -0.25) is 9.69 Å². The van der Waals surface area contributed by atoms with Crippen molar-refractivity contribution in [3.05, 3.63) is 0 Å². The van der Waals surface area contributed by atoms with Gasteiger partial charge in [-0.15, -0.1) is 0 Å². The number of fused-ring (bicyclic) bond motifs is 1. The van der Waals surface area contributed by atoms with Crippen LogP contribution in [0.2, 0.25) is 0 Å². The summed E-state index contributed by atoms with van der Waals surface area (Å²) >= 11 is 0. The standard InChI is InChI=1S/C18H31NO/c1-18(2)10-9-17(20)15(12-18)13-19-11-5-7-14-6-3-4-8-16(14)19/h14-16H,3-13H2,1-2H3/t14-,15?,16-/m1/s1. The van der Waals surface area contributed by atoms with Gasteiger partial charge in [-0.25, -0.2) is 0 Å². The quantitative estimate of drug-likeness (QED) is 0.759. The summed E-state index contributed by atoms with van der Waals surface area (Å²) in [5.41, 5.74) is 0.375. The molecule has 0 amide bonds. The monoisotopic (exact) mass is 277 g/mol. The van der Waals surface area contributed by atoms with Crippen molar-refractivity contribution in [2.45, 2.75) is 77.7 Å². The summed E-state index contributed by atoms with van der Waals surface area (Å²) < 4.78 is 0. The van der Waals surface area contributed by atoms with Gasteiger partial charge in [-0.1, -0.05) is 26.7 Å². The van der Waals surface area contributed by atoms with Crippen LogP contribution in [0.15, 0.2) is 0 Å². The molecular weight excluding hydrogens is 246 g/mol. The van der Waals surface area contributed by atoms with Crippen LogP contribution < -0.4 is 0 Å². The van der Waals surface area contributed by atoms with Crippen LogP contribution in [0.4, 0.5) is 0 Å². The molecule has 0 N–H and O–H groups in total. The van der Waals surface area contributed by atoms with Gasteiger partial charge in [-0.2, -0.15) is 0 Å². The van der Waals surface area contributed by atoms with Gasteiger partial charge in [0.15, 0.2) is 0 Å². The Kier molecular flexibility index (Phi) is 4.21. The van der Waals surface area contributed by atoms with Crippen LogP contribution in [-0.2, 0) is 4.79 Å². The van der Waals surface area contributed by atoms with Crippen LogP contribution in [0.3, 0.4) is 0 Å². The van der Waals surface area contributed by atoms with Gasteiger partial charge in [0.05, 0.1) is 0 Å². The van der Waals surface area contributed by atoms with Crippen molar-refractivity contribution in [2.24, 2.45) is 17.3 Å².